The van der Waals surface area contributed by atoms with Crippen LogP contribution in [0, 0.1) is 40.9 Å². The molecular formula is C49H78N2O12. The fourth-order valence-electron chi connectivity index (χ4n) is 10.1. The van der Waals surface area contributed by atoms with Crippen molar-refractivity contribution < 1.29 is 57.8 Å². The maximum atomic E-state index is 14.5. The number of rotatable bonds is 10. The Morgan fingerprint density at radius 1 is 0.984 bits per heavy atom. The van der Waals surface area contributed by atoms with Crippen molar-refractivity contribution in [3.63, 3.8) is 0 Å². The molecule has 0 aromatic heterocycles. The van der Waals surface area contributed by atoms with Gasteiger partial charge in [0.15, 0.2) is 0 Å². The van der Waals surface area contributed by atoms with Crippen LogP contribution in [0.2, 0.25) is 0 Å². The van der Waals surface area contributed by atoms with Crippen LogP contribution in [0.4, 0.5) is 0 Å². The minimum absolute atomic E-state index is 0.0153. The Labute approximate surface area is 376 Å². The molecule has 356 valence electrons. The van der Waals surface area contributed by atoms with Crippen molar-refractivity contribution in [3.8, 4) is 0 Å². The van der Waals surface area contributed by atoms with Crippen LogP contribution >= 0.6 is 0 Å². The minimum Gasteiger partial charge on any atom is -0.460 e. The van der Waals surface area contributed by atoms with Gasteiger partial charge in [-0.05, 0) is 101 Å². The van der Waals surface area contributed by atoms with E-state index in [2.05, 4.69) is 13.5 Å². The van der Waals surface area contributed by atoms with Crippen molar-refractivity contribution in [2.75, 3.05) is 27.9 Å². The number of hydrogen-bond donors (Lipinski definition) is 3. The molecule has 1 amide bonds. The van der Waals surface area contributed by atoms with E-state index >= 15 is 0 Å². The fraction of sp³-hybridized carbons (Fsp3) is 0.776. The third-order valence-corrected chi connectivity index (χ3v) is 13.8. The highest BCUT2D eigenvalue weighted by molar-refractivity contribution is 6.39. The van der Waals surface area contributed by atoms with Crippen molar-refractivity contribution >= 4 is 29.3 Å². The summed E-state index contributed by atoms with van der Waals surface area (Å²) in [4.78, 5) is 56.9. The second kappa shape index (κ2) is 23.8. The summed E-state index contributed by atoms with van der Waals surface area (Å²) in [6.07, 6.45) is 6.32. The molecule has 14 heteroatoms. The molecule has 14 nitrogen and oxygen atoms in total. The molecule has 0 radical (unpaired) electrons. The number of methoxy groups -OCH3 is 3. The average Bonchev–Trinajstić information content (AvgIpc) is 3.24. The van der Waals surface area contributed by atoms with Gasteiger partial charge in [0.1, 0.15) is 24.4 Å². The van der Waals surface area contributed by atoms with Crippen molar-refractivity contribution in [2.24, 2.45) is 35.5 Å². The molecule has 63 heavy (non-hydrogen) atoms. The van der Waals surface area contributed by atoms with Gasteiger partial charge in [-0.1, -0.05) is 58.4 Å². The van der Waals surface area contributed by atoms with Gasteiger partial charge in [-0.25, -0.2) is 4.79 Å². The first-order valence-corrected chi connectivity index (χ1v) is 23.2. The lowest BCUT2D eigenvalue weighted by molar-refractivity contribution is -0.302. The van der Waals surface area contributed by atoms with E-state index in [1.165, 1.54) is 12.0 Å². The summed E-state index contributed by atoms with van der Waals surface area (Å²) in [5, 5.41) is 33.2. The molecule has 2 bridgehead atoms. The number of esters is 2. The second-order valence-electron chi connectivity index (χ2n) is 19.4. The lowest BCUT2D eigenvalue weighted by Gasteiger charge is -2.47. The molecule has 3 fully saturated rings. The van der Waals surface area contributed by atoms with Crippen LogP contribution in [0.25, 0.3) is 0 Å². The highest BCUT2D eigenvalue weighted by atomic mass is 16.7. The van der Waals surface area contributed by atoms with E-state index in [0.29, 0.717) is 69.1 Å². The summed E-state index contributed by atoms with van der Waals surface area (Å²) in [5.41, 5.74) is 2.02. The predicted octanol–water partition coefficient (Wildman–Crippen LogP) is 6.69. The number of carbonyl (C=O) groups is 4. The number of hydrogen-bond acceptors (Lipinski definition) is 13. The topological polar surface area (TPSA) is 191 Å². The Bertz CT molecular complexity index is 1660. The highest BCUT2D eigenvalue weighted by Gasteiger charge is 2.56. The fourth-order valence-corrected chi connectivity index (χ4v) is 10.1. The molecule has 1 saturated carbocycles. The predicted molar refractivity (Wildman–Crippen MR) is 239 cm³/mol. The number of aliphatic hydroxyl groups excluding tert-OH is 1. The van der Waals surface area contributed by atoms with Crippen LogP contribution < -0.4 is 0 Å². The summed E-state index contributed by atoms with van der Waals surface area (Å²) >= 11 is 0. The molecule has 0 aromatic carbocycles. The molecule has 3 heterocycles. The van der Waals surface area contributed by atoms with Crippen molar-refractivity contribution in [2.45, 2.75) is 180 Å². The first kappa shape index (κ1) is 52.4. The van der Waals surface area contributed by atoms with Gasteiger partial charge >= 0.3 is 11.9 Å². The zero-order valence-corrected chi connectivity index (χ0v) is 39.6. The van der Waals surface area contributed by atoms with Crippen molar-refractivity contribution in [3.05, 3.63) is 36.0 Å². The summed E-state index contributed by atoms with van der Waals surface area (Å²) in [7, 11) is 4.68. The quantitative estimate of drug-likeness (QED) is 0.120. The Morgan fingerprint density at radius 3 is 2.29 bits per heavy atom. The molecule has 0 unspecified atom stereocenters. The number of amides is 1. The number of ether oxygens (including phenoxy) is 6. The average molecular weight is 887 g/mol. The van der Waals surface area contributed by atoms with Crippen molar-refractivity contribution in [1.82, 2.24) is 4.90 Å². The Kier molecular flexibility index (Phi) is 19.8. The van der Waals surface area contributed by atoms with Gasteiger partial charge in [0, 0.05) is 64.2 Å². The largest absolute Gasteiger partial charge is 0.460 e. The number of cyclic esters (lactones) is 1. The maximum absolute atomic E-state index is 14.5. The van der Waals surface area contributed by atoms with Gasteiger partial charge in [-0.3, -0.25) is 14.4 Å². The summed E-state index contributed by atoms with van der Waals surface area (Å²) in [6, 6.07) is -1.14. The van der Waals surface area contributed by atoms with Crippen LogP contribution in [-0.4, -0.2) is 127 Å². The first-order valence-electron chi connectivity index (χ1n) is 23.2. The number of Topliss-reactive ketones (excluding diaryl/α,β-unsaturated/α-hetero) is 1. The number of allylic oxidation sites excluding steroid dienone is 4. The molecule has 3 aliphatic heterocycles. The van der Waals surface area contributed by atoms with Gasteiger partial charge in [0.05, 0.1) is 24.4 Å². The number of nitrogens with zero attached hydrogens (tertiary/aromatic N) is 1. The summed E-state index contributed by atoms with van der Waals surface area (Å²) < 4.78 is 36.1. The SMILES string of the molecule is C=CC[C@@H]1/C=C(\C)C[C@H](C)C[C@H](OC)[C@H]2O[C@@](O)(C(=O)C(=O)N3CCCC[C@H]3C(=O)O[C@H](/C(C)=C/[C@@H]3CC[C@@H](OC(=O)CC(C)C)[C@H](OC)C3)[C@H](C)[C@@H](O)CC1=N)[C@H](C)C[C@@H]2OC. The molecule has 0 spiro atoms. The van der Waals surface area contributed by atoms with E-state index in [1.54, 1.807) is 34.1 Å². The van der Waals surface area contributed by atoms with E-state index in [4.69, 9.17) is 28.4 Å². The van der Waals surface area contributed by atoms with E-state index in [9.17, 15) is 34.8 Å². The first-order chi connectivity index (χ1) is 29.8. The lowest BCUT2D eigenvalue weighted by atomic mass is 9.81. The van der Waals surface area contributed by atoms with Gasteiger partial charge in [0.2, 0.25) is 5.79 Å². The molecule has 4 rings (SSSR count). The Balaban J connectivity index is 1.74. The molecular weight excluding hydrogens is 809 g/mol. The van der Waals surface area contributed by atoms with Gasteiger partial charge in [-0.15, -0.1) is 6.58 Å². The zero-order chi connectivity index (χ0) is 46.8. The number of piperidine rings is 1. The Morgan fingerprint density at radius 2 is 1.65 bits per heavy atom. The Hall–Kier alpha value is -3.27. The molecule has 3 N–H and O–H groups in total. The highest BCUT2D eigenvalue weighted by Crippen LogP contribution is 2.39. The zero-order valence-electron chi connectivity index (χ0n) is 39.6. The minimum atomic E-state index is -2.51. The summed E-state index contributed by atoms with van der Waals surface area (Å²) in [5.74, 6) is -7.38. The third kappa shape index (κ3) is 13.4. The monoisotopic (exact) mass is 887 g/mol. The van der Waals surface area contributed by atoms with Gasteiger partial charge in [-0.2, -0.15) is 0 Å². The van der Waals surface area contributed by atoms with Gasteiger partial charge in [0.25, 0.3) is 11.7 Å². The van der Waals surface area contributed by atoms with E-state index in [0.717, 1.165) is 5.57 Å². The number of nitrogens with one attached hydrogen (secondary N) is 1. The summed E-state index contributed by atoms with van der Waals surface area (Å²) in [6.45, 7) is 17.3. The number of ketones is 1. The van der Waals surface area contributed by atoms with Crippen LogP contribution in [-0.2, 0) is 47.6 Å². The van der Waals surface area contributed by atoms with Crippen LogP contribution in [0.1, 0.15) is 126 Å². The molecule has 2 saturated heterocycles. The van der Waals surface area contributed by atoms with Crippen molar-refractivity contribution in [1.29, 1.82) is 5.41 Å². The molecule has 0 aromatic rings. The molecule has 1 aliphatic carbocycles. The van der Waals surface area contributed by atoms with E-state index in [1.807, 2.05) is 39.8 Å². The smallest absolute Gasteiger partial charge is 0.329 e. The molecule has 4 aliphatic rings. The molecule has 14 atom stereocenters. The van der Waals surface area contributed by atoms with E-state index in [-0.39, 0.29) is 67.7 Å². The lowest BCUT2D eigenvalue weighted by Crippen LogP contribution is -2.64. The number of fused-ring (bicyclic) bond motifs is 3. The van der Waals surface area contributed by atoms with Crippen LogP contribution in [0.3, 0.4) is 0 Å². The van der Waals surface area contributed by atoms with Crippen LogP contribution in [0.15, 0.2) is 36.0 Å². The third-order valence-electron chi connectivity index (χ3n) is 13.8. The normalized spacial score (nSPS) is 38.2. The second-order valence-corrected chi connectivity index (χ2v) is 19.4. The van der Waals surface area contributed by atoms with Gasteiger partial charge < -0.3 is 48.9 Å². The van der Waals surface area contributed by atoms with E-state index < -0.39 is 71.8 Å². The number of carbonyl (C=O) groups excluding carboxylic acids is 4. The maximum Gasteiger partial charge on any atom is 0.329 e. The standard InChI is InChI=1S/C49H78N2O12/c1-12-15-35-22-29(4)21-30(5)23-41(59-10)45-42(60-11)25-32(7)49(57,63-45)46(54)47(55)51-19-14-13-16-37(51)48(56)62-44(33(8)38(52)27-36(35)50)31(6)24-34-17-18-39(40(26-34)58-9)61-43(53)20-28(2)3/h12,22,24,28,30,32-35,37-42,44-45,50,52,57H,1,13-21,23,25-27H2,2-11H3/b29-22+,31-24+,50-36?/t30-,32+,33+,34-,35+,37-,38-,39+,40+,41-,42-,44+,45+,49+/m0/s1. The number of aliphatic hydroxyl groups is 2. The van der Waals surface area contributed by atoms with Crippen LogP contribution in [0.5, 0.6) is 0 Å².